The number of rotatable bonds is 5. The third-order valence-corrected chi connectivity index (χ3v) is 5.47. The van der Waals surface area contributed by atoms with Gasteiger partial charge in [0.15, 0.2) is 0 Å². The fourth-order valence-corrected chi connectivity index (χ4v) is 3.46. The molecule has 0 aromatic heterocycles. The van der Waals surface area contributed by atoms with Gasteiger partial charge in [-0.15, -0.1) is 0 Å². The Kier molecular flexibility index (Phi) is 9.68. The van der Waals surface area contributed by atoms with Crippen LogP contribution in [0.1, 0.15) is 40.7 Å². The molecule has 1 saturated heterocycles. The van der Waals surface area contributed by atoms with Crippen LogP contribution >= 0.6 is 0 Å². The molecule has 2 aromatic carbocycles. The van der Waals surface area contributed by atoms with Crippen LogP contribution in [-0.4, -0.2) is 60.6 Å². The number of aliphatic carboxylic acids is 1. The smallest absolute Gasteiger partial charge is 0.475 e. The first-order valence-electron chi connectivity index (χ1n) is 11.1. The molecular weight excluding hydrogens is 463 g/mol. The van der Waals surface area contributed by atoms with Gasteiger partial charge in [-0.3, -0.25) is 9.59 Å². The van der Waals surface area contributed by atoms with E-state index in [2.05, 4.69) is 36.5 Å². The first-order chi connectivity index (χ1) is 16.4. The van der Waals surface area contributed by atoms with Crippen molar-refractivity contribution >= 4 is 23.5 Å². The number of alkyl halides is 3. The van der Waals surface area contributed by atoms with Crippen molar-refractivity contribution in [3.8, 4) is 0 Å². The van der Waals surface area contributed by atoms with Crippen molar-refractivity contribution in [1.82, 2.24) is 10.2 Å². The Bertz CT molecular complexity index is 1010. The quantitative estimate of drug-likeness (QED) is 0.657. The predicted octanol–water partition coefficient (Wildman–Crippen LogP) is 4.01. The lowest BCUT2D eigenvalue weighted by Gasteiger charge is -2.25. The molecule has 1 atom stereocenters. The minimum Gasteiger partial charge on any atom is -0.475 e. The summed E-state index contributed by atoms with van der Waals surface area (Å²) in [5.41, 5.74) is 3.93. The summed E-state index contributed by atoms with van der Waals surface area (Å²) in [5.74, 6) is -2.94. The van der Waals surface area contributed by atoms with Crippen molar-refractivity contribution in [2.24, 2.45) is 0 Å². The number of carbonyl (C=O) groups is 3. The van der Waals surface area contributed by atoms with Crippen LogP contribution in [0.4, 0.5) is 18.9 Å². The lowest BCUT2D eigenvalue weighted by molar-refractivity contribution is -0.192. The first-order valence-corrected chi connectivity index (χ1v) is 11.1. The van der Waals surface area contributed by atoms with Gasteiger partial charge in [0.1, 0.15) is 6.04 Å². The molecule has 1 aliphatic heterocycles. The third-order valence-electron chi connectivity index (χ3n) is 5.47. The molecule has 7 nitrogen and oxygen atoms in total. The van der Waals surface area contributed by atoms with E-state index in [0.717, 1.165) is 30.6 Å². The fraction of sp³-hybridized carbons (Fsp3) is 0.400. The van der Waals surface area contributed by atoms with Crippen molar-refractivity contribution in [2.45, 2.75) is 44.9 Å². The number of nitrogens with zero attached hydrogens (tertiary/aromatic N) is 2. The van der Waals surface area contributed by atoms with E-state index >= 15 is 0 Å². The summed E-state index contributed by atoms with van der Waals surface area (Å²) >= 11 is 0. The molecule has 2 N–H and O–H groups in total. The Balaban J connectivity index is 0.000000540. The number of aryl methyl sites for hydroxylation is 1. The second kappa shape index (κ2) is 12.2. The molecule has 10 heteroatoms. The van der Waals surface area contributed by atoms with Crippen LogP contribution in [-0.2, 0) is 16.1 Å². The highest BCUT2D eigenvalue weighted by Gasteiger charge is 2.38. The SMILES string of the molecule is Cc1ccc(CN2CCCCC(NC(=O)c3ccc(N(C)C)cc3)C2=O)cc1.O=C(O)C(F)(F)F. The maximum Gasteiger partial charge on any atom is 0.490 e. The average molecular weight is 494 g/mol. The monoisotopic (exact) mass is 493 g/mol. The fourth-order valence-electron chi connectivity index (χ4n) is 3.46. The number of likely N-dealkylation sites (tertiary alicyclic amines) is 1. The minimum absolute atomic E-state index is 0.0105. The number of hydrogen-bond acceptors (Lipinski definition) is 4. The molecule has 0 saturated carbocycles. The zero-order chi connectivity index (χ0) is 26.2. The highest BCUT2D eigenvalue weighted by atomic mass is 19.4. The number of benzene rings is 2. The van der Waals surface area contributed by atoms with E-state index in [0.29, 0.717) is 18.5 Å². The van der Waals surface area contributed by atoms with E-state index in [1.165, 1.54) is 5.56 Å². The number of carboxylic acid groups (broad SMARTS) is 1. The number of carbonyl (C=O) groups excluding carboxylic acids is 2. The predicted molar refractivity (Wildman–Crippen MR) is 126 cm³/mol. The van der Waals surface area contributed by atoms with E-state index in [1.54, 1.807) is 12.1 Å². The van der Waals surface area contributed by atoms with Gasteiger partial charge in [0, 0.05) is 38.4 Å². The minimum atomic E-state index is -5.08. The van der Waals surface area contributed by atoms with Crippen LogP contribution in [0.25, 0.3) is 0 Å². The van der Waals surface area contributed by atoms with Gasteiger partial charge in [-0.1, -0.05) is 29.8 Å². The van der Waals surface area contributed by atoms with Gasteiger partial charge in [0.25, 0.3) is 5.91 Å². The van der Waals surface area contributed by atoms with Gasteiger partial charge < -0.3 is 20.2 Å². The second-order valence-corrected chi connectivity index (χ2v) is 8.51. The molecule has 3 rings (SSSR count). The Morgan fingerprint density at radius 2 is 1.63 bits per heavy atom. The van der Waals surface area contributed by atoms with Crippen molar-refractivity contribution < 1.29 is 32.7 Å². The second-order valence-electron chi connectivity index (χ2n) is 8.51. The number of halogens is 3. The van der Waals surface area contributed by atoms with Crippen LogP contribution in [0.5, 0.6) is 0 Å². The molecule has 35 heavy (non-hydrogen) atoms. The average Bonchev–Trinajstić information content (AvgIpc) is 2.96. The van der Waals surface area contributed by atoms with Gasteiger partial charge in [-0.25, -0.2) is 4.79 Å². The molecule has 1 aliphatic rings. The standard InChI is InChI=1S/C23H29N3O2.C2HF3O2/c1-17-7-9-18(10-8-17)16-26-15-5-4-6-21(23(26)28)24-22(27)19-11-13-20(14-12-19)25(2)3;3-2(4,5)1(6)7/h7-14,21H,4-6,15-16H2,1-3H3,(H,24,27);(H,6,7). The number of anilines is 1. The Labute approximate surface area is 202 Å². The molecule has 1 unspecified atom stereocenters. The number of hydrogen-bond donors (Lipinski definition) is 2. The summed E-state index contributed by atoms with van der Waals surface area (Å²) in [6, 6.07) is 15.2. The highest BCUT2D eigenvalue weighted by Crippen LogP contribution is 2.17. The van der Waals surface area contributed by atoms with E-state index in [1.807, 2.05) is 36.0 Å². The molecule has 2 aromatic rings. The zero-order valence-electron chi connectivity index (χ0n) is 19.9. The maximum atomic E-state index is 13.0. The van der Waals surface area contributed by atoms with Crippen molar-refractivity contribution in [3.05, 3.63) is 65.2 Å². The van der Waals surface area contributed by atoms with Gasteiger partial charge >= 0.3 is 12.1 Å². The lowest BCUT2D eigenvalue weighted by atomic mass is 10.1. The van der Waals surface area contributed by atoms with E-state index in [-0.39, 0.29) is 11.8 Å². The van der Waals surface area contributed by atoms with E-state index in [4.69, 9.17) is 9.90 Å². The molecule has 0 bridgehead atoms. The Morgan fingerprint density at radius 3 is 2.14 bits per heavy atom. The summed E-state index contributed by atoms with van der Waals surface area (Å²) in [4.78, 5) is 38.4. The number of amides is 2. The summed E-state index contributed by atoms with van der Waals surface area (Å²) in [6.45, 7) is 3.37. The summed E-state index contributed by atoms with van der Waals surface area (Å²) in [6.07, 6.45) is -2.51. The topological polar surface area (TPSA) is 90.0 Å². The van der Waals surface area contributed by atoms with Crippen LogP contribution in [0, 0.1) is 6.92 Å². The molecule has 190 valence electrons. The summed E-state index contributed by atoms with van der Waals surface area (Å²) in [7, 11) is 3.92. The number of carboxylic acids is 1. The van der Waals surface area contributed by atoms with Gasteiger partial charge in [0.2, 0.25) is 5.91 Å². The third kappa shape index (κ3) is 8.62. The molecule has 1 heterocycles. The Morgan fingerprint density at radius 1 is 1.06 bits per heavy atom. The first kappa shape index (κ1) is 27.7. The van der Waals surface area contributed by atoms with Crippen LogP contribution in [0.3, 0.4) is 0 Å². The summed E-state index contributed by atoms with van der Waals surface area (Å²) < 4.78 is 31.7. The van der Waals surface area contributed by atoms with Crippen LogP contribution in [0.15, 0.2) is 48.5 Å². The lowest BCUT2D eigenvalue weighted by Crippen LogP contribution is -2.47. The molecule has 0 aliphatic carbocycles. The number of nitrogens with one attached hydrogen (secondary N) is 1. The molecule has 0 spiro atoms. The van der Waals surface area contributed by atoms with Crippen LogP contribution < -0.4 is 10.2 Å². The van der Waals surface area contributed by atoms with Crippen molar-refractivity contribution in [1.29, 1.82) is 0 Å². The van der Waals surface area contributed by atoms with Crippen molar-refractivity contribution in [3.63, 3.8) is 0 Å². The maximum absolute atomic E-state index is 13.0. The summed E-state index contributed by atoms with van der Waals surface area (Å²) in [5, 5.41) is 10.1. The Hall–Kier alpha value is -3.56. The van der Waals surface area contributed by atoms with Gasteiger partial charge in [-0.2, -0.15) is 13.2 Å². The molecule has 1 fully saturated rings. The van der Waals surface area contributed by atoms with E-state index < -0.39 is 18.2 Å². The normalized spacial score (nSPS) is 16.0. The highest BCUT2D eigenvalue weighted by molar-refractivity contribution is 5.97. The molecular formula is C25H30F3N3O4. The molecule has 0 radical (unpaired) electrons. The van der Waals surface area contributed by atoms with E-state index in [9.17, 15) is 22.8 Å². The van der Waals surface area contributed by atoms with Gasteiger partial charge in [0.05, 0.1) is 0 Å². The largest absolute Gasteiger partial charge is 0.490 e. The van der Waals surface area contributed by atoms with Crippen molar-refractivity contribution in [2.75, 3.05) is 25.5 Å². The van der Waals surface area contributed by atoms with Gasteiger partial charge in [-0.05, 0) is 56.0 Å². The van der Waals surface area contributed by atoms with Crippen LogP contribution in [0.2, 0.25) is 0 Å². The molecule has 2 amide bonds. The zero-order valence-corrected chi connectivity index (χ0v) is 19.9.